The molecular weight excluding hydrogens is 380 g/mol. The SMILES string of the molecule is O=C(N/N=C\c1c2ccccc2cc2ccccc12)c1cc(-c2cccs2)[nH]n1. The van der Waals surface area contributed by atoms with Crippen LogP contribution in [0.3, 0.4) is 0 Å². The standard InChI is InChI=1S/C23H16N4OS/c28-23(21-13-20(25-26-21)22-10-5-11-29-22)27-24-14-19-17-8-3-1-6-15(17)12-16-7-2-4-9-18(16)19/h1-14H,(H,25,26)(H,27,28)/b24-14-. The third kappa shape index (κ3) is 3.30. The molecule has 2 aromatic heterocycles. The van der Waals surface area contributed by atoms with Gasteiger partial charge in [0, 0.05) is 5.56 Å². The Balaban J connectivity index is 1.44. The van der Waals surface area contributed by atoms with E-state index in [1.165, 1.54) is 0 Å². The van der Waals surface area contributed by atoms with E-state index in [0.717, 1.165) is 37.7 Å². The van der Waals surface area contributed by atoms with Crippen LogP contribution < -0.4 is 5.43 Å². The molecule has 0 aliphatic carbocycles. The number of hydrogen-bond acceptors (Lipinski definition) is 4. The first-order valence-electron chi connectivity index (χ1n) is 9.13. The summed E-state index contributed by atoms with van der Waals surface area (Å²) in [6, 6.07) is 24.1. The van der Waals surface area contributed by atoms with Gasteiger partial charge in [0.1, 0.15) is 0 Å². The average Bonchev–Trinajstić information content (AvgIpc) is 3.45. The predicted molar refractivity (Wildman–Crippen MR) is 118 cm³/mol. The summed E-state index contributed by atoms with van der Waals surface area (Å²) in [5, 5.41) is 17.6. The second-order valence-corrected chi connectivity index (χ2v) is 7.52. The van der Waals surface area contributed by atoms with E-state index in [2.05, 4.69) is 51.1 Å². The van der Waals surface area contributed by atoms with Crippen molar-refractivity contribution >= 4 is 45.0 Å². The van der Waals surface area contributed by atoms with Gasteiger partial charge in [0.2, 0.25) is 0 Å². The van der Waals surface area contributed by atoms with E-state index in [1.807, 2.05) is 41.8 Å². The number of nitrogens with zero attached hydrogens (tertiary/aromatic N) is 2. The van der Waals surface area contributed by atoms with Gasteiger partial charge in [0.25, 0.3) is 5.91 Å². The molecule has 1 amide bonds. The van der Waals surface area contributed by atoms with Crippen molar-refractivity contribution in [2.75, 3.05) is 0 Å². The average molecular weight is 396 g/mol. The Morgan fingerprint density at radius 3 is 2.38 bits per heavy atom. The predicted octanol–water partition coefficient (Wildman–Crippen LogP) is 5.21. The summed E-state index contributed by atoms with van der Waals surface area (Å²) in [6.07, 6.45) is 1.70. The van der Waals surface area contributed by atoms with Gasteiger partial charge in [-0.1, -0.05) is 54.6 Å². The minimum Gasteiger partial charge on any atom is -0.276 e. The number of hydrogen-bond donors (Lipinski definition) is 2. The van der Waals surface area contributed by atoms with Crippen LogP contribution in [0.15, 0.2) is 83.3 Å². The molecule has 6 heteroatoms. The second kappa shape index (κ2) is 7.33. The fraction of sp³-hybridized carbons (Fsp3) is 0. The summed E-state index contributed by atoms with van der Waals surface area (Å²) < 4.78 is 0. The number of amides is 1. The molecule has 0 saturated carbocycles. The van der Waals surface area contributed by atoms with Crippen molar-refractivity contribution in [3.63, 3.8) is 0 Å². The number of rotatable bonds is 4. The van der Waals surface area contributed by atoms with Crippen LogP contribution in [0.1, 0.15) is 16.1 Å². The molecule has 0 aliphatic rings. The number of aromatic amines is 1. The fourth-order valence-corrected chi connectivity index (χ4v) is 4.09. The Morgan fingerprint density at radius 1 is 0.966 bits per heavy atom. The van der Waals surface area contributed by atoms with Crippen LogP contribution in [-0.2, 0) is 0 Å². The van der Waals surface area contributed by atoms with Gasteiger partial charge in [-0.2, -0.15) is 10.2 Å². The molecule has 0 aliphatic heterocycles. The van der Waals surface area contributed by atoms with Gasteiger partial charge in [-0.3, -0.25) is 9.89 Å². The summed E-state index contributed by atoms with van der Waals surface area (Å²) in [5.41, 5.74) is 4.67. The Labute approximate surface area is 170 Å². The summed E-state index contributed by atoms with van der Waals surface area (Å²) in [4.78, 5) is 13.5. The number of nitrogens with one attached hydrogen (secondary N) is 2. The minimum absolute atomic E-state index is 0.299. The molecule has 0 fully saturated rings. The smallest absolute Gasteiger partial charge is 0.276 e. The maximum Gasteiger partial charge on any atom is 0.291 e. The van der Waals surface area contributed by atoms with Gasteiger partial charge < -0.3 is 0 Å². The molecule has 5 rings (SSSR count). The number of aromatic nitrogens is 2. The highest BCUT2D eigenvalue weighted by molar-refractivity contribution is 7.13. The van der Waals surface area contributed by atoms with E-state index in [4.69, 9.17) is 0 Å². The lowest BCUT2D eigenvalue weighted by atomic mass is 9.97. The van der Waals surface area contributed by atoms with Gasteiger partial charge in [-0.05, 0) is 45.1 Å². The molecule has 140 valence electrons. The maximum absolute atomic E-state index is 12.4. The Hall–Kier alpha value is -3.77. The Bertz CT molecular complexity index is 1300. The van der Waals surface area contributed by atoms with Crippen molar-refractivity contribution in [3.05, 3.63) is 89.4 Å². The molecule has 0 radical (unpaired) electrons. The highest BCUT2D eigenvalue weighted by Gasteiger charge is 2.11. The highest BCUT2D eigenvalue weighted by Crippen LogP contribution is 2.27. The molecule has 0 bridgehead atoms. The molecule has 2 heterocycles. The monoisotopic (exact) mass is 396 g/mol. The first-order valence-corrected chi connectivity index (χ1v) is 10.0. The number of carbonyl (C=O) groups excluding carboxylic acids is 1. The Kier molecular flexibility index (Phi) is 4.38. The summed E-state index contributed by atoms with van der Waals surface area (Å²) in [7, 11) is 0. The Morgan fingerprint density at radius 2 is 1.69 bits per heavy atom. The van der Waals surface area contributed by atoms with Crippen LogP contribution in [-0.4, -0.2) is 22.3 Å². The zero-order valence-corrected chi connectivity index (χ0v) is 16.1. The summed E-state index contributed by atoms with van der Waals surface area (Å²) in [6.45, 7) is 0. The van der Waals surface area contributed by atoms with E-state index >= 15 is 0 Å². The van der Waals surface area contributed by atoms with Crippen molar-refractivity contribution in [1.29, 1.82) is 0 Å². The van der Waals surface area contributed by atoms with Crippen molar-refractivity contribution < 1.29 is 4.79 Å². The maximum atomic E-state index is 12.4. The topological polar surface area (TPSA) is 70.1 Å². The molecule has 0 atom stereocenters. The molecular formula is C23H16N4OS. The van der Waals surface area contributed by atoms with E-state index in [-0.39, 0.29) is 5.91 Å². The number of thiophene rings is 1. The van der Waals surface area contributed by atoms with E-state index in [0.29, 0.717) is 5.69 Å². The van der Waals surface area contributed by atoms with Gasteiger partial charge >= 0.3 is 0 Å². The van der Waals surface area contributed by atoms with Crippen molar-refractivity contribution in [1.82, 2.24) is 15.6 Å². The number of H-pyrrole nitrogens is 1. The summed E-state index contributed by atoms with van der Waals surface area (Å²) in [5.74, 6) is -0.357. The van der Waals surface area contributed by atoms with Crippen LogP contribution >= 0.6 is 11.3 Å². The van der Waals surface area contributed by atoms with Crippen molar-refractivity contribution in [2.45, 2.75) is 0 Å². The lowest BCUT2D eigenvalue weighted by Crippen LogP contribution is -2.18. The quantitative estimate of drug-likeness (QED) is 0.249. The lowest BCUT2D eigenvalue weighted by molar-refractivity contribution is 0.0950. The zero-order chi connectivity index (χ0) is 19.6. The third-order valence-corrected chi connectivity index (χ3v) is 5.67. The van der Waals surface area contributed by atoms with E-state index in [9.17, 15) is 4.79 Å². The number of fused-ring (bicyclic) bond motifs is 2. The van der Waals surface area contributed by atoms with Crippen molar-refractivity contribution in [2.24, 2.45) is 5.10 Å². The largest absolute Gasteiger partial charge is 0.291 e. The molecule has 2 N–H and O–H groups in total. The van der Waals surface area contributed by atoms with Gasteiger partial charge in [0.15, 0.2) is 5.69 Å². The van der Waals surface area contributed by atoms with Crippen LogP contribution in [0.25, 0.3) is 32.1 Å². The fourth-order valence-electron chi connectivity index (χ4n) is 3.40. The molecule has 29 heavy (non-hydrogen) atoms. The van der Waals surface area contributed by atoms with Gasteiger partial charge in [-0.25, -0.2) is 5.43 Å². The lowest BCUT2D eigenvalue weighted by Gasteiger charge is -2.07. The summed E-state index contributed by atoms with van der Waals surface area (Å²) >= 11 is 1.59. The molecule has 0 unspecified atom stereocenters. The van der Waals surface area contributed by atoms with Crippen molar-refractivity contribution in [3.8, 4) is 10.6 Å². The second-order valence-electron chi connectivity index (χ2n) is 6.58. The zero-order valence-electron chi connectivity index (χ0n) is 15.3. The van der Waals surface area contributed by atoms with Crippen LogP contribution in [0, 0.1) is 0 Å². The normalized spacial score (nSPS) is 11.4. The molecule has 3 aromatic carbocycles. The van der Waals surface area contributed by atoms with Gasteiger partial charge in [-0.15, -0.1) is 11.3 Å². The molecule has 0 spiro atoms. The number of hydrazone groups is 1. The van der Waals surface area contributed by atoms with E-state index < -0.39 is 0 Å². The number of benzene rings is 3. The van der Waals surface area contributed by atoms with Crippen LogP contribution in [0.4, 0.5) is 0 Å². The first-order chi connectivity index (χ1) is 14.3. The highest BCUT2D eigenvalue weighted by atomic mass is 32.1. The minimum atomic E-state index is -0.357. The molecule has 0 saturated heterocycles. The molecule has 5 aromatic rings. The van der Waals surface area contributed by atoms with Gasteiger partial charge in [0.05, 0.1) is 16.8 Å². The van der Waals surface area contributed by atoms with E-state index in [1.54, 1.807) is 23.6 Å². The number of carbonyl (C=O) groups is 1. The van der Waals surface area contributed by atoms with Crippen LogP contribution in [0.2, 0.25) is 0 Å². The third-order valence-electron chi connectivity index (χ3n) is 4.77. The molecule has 5 nitrogen and oxygen atoms in total. The first kappa shape index (κ1) is 17.3. The van der Waals surface area contributed by atoms with Crippen LogP contribution in [0.5, 0.6) is 0 Å².